The summed E-state index contributed by atoms with van der Waals surface area (Å²) in [7, 11) is 0. The number of aromatic nitrogens is 2. The normalized spacial score (nSPS) is 21.0. The van der Waals surface area contributed by atoms with E-state index in [1.807, 2.05) is 34.7 Å². The zero-order chi connectivity index (χ0) is 17.1. The maximum atomic E-state index is 13.0. The number of carbonyl (C=O) groups is 1. The lowest BCUT2D eigenvalue weighted by Gasteiger charge is -2.39. The zero-order valence-electron chi connectivity index (χ0n) is 14.4. The first kappa shape index (κ1) is 16.7. The van der Waals surface area contributed by atoms with E-state index >= 15 is 0 Å². The summed E-state index contributed by atoms with van der Waals surface area (Å²) >= 11 is 0. The average molecular weight is 327 g/mol. The second-order valence-electron chi connectivity index (χ2n) is 6.65. The van der Waals surface area contributed by atoms with Crippen LogP contribution in [0.5, 0.6) is 0 Å². The quantitative estimate of drug-likeness (QED) is 0.938. The highest BCUT2D eigenvalue weighted by Gasteiger charge is 2.33. The second kappa shape index (κ2) is 7.18. The number of amides is 1. The molecule has 0 saturated carbocycles. The molecule has 0 radical (unpaired) electrons. The molecule has 1 amide bonds. The maximum Gasteiger partial charge on any atom is 0.257 e. The molecule has 24 heavy (non-hydrogen) atoms. The Kier molecular flexibility index (Phi) is 5.00. The number of nitrogens with zero attached hydrogens (tertiary/aromatic N) is 3. The summed E-state index contributed by atoms with van der Waals surface area (Å²) in [5.41, 5.74) is 2.67. The van der Waals surface area contributed by atoms with Crippen molar-refractivity contribution >= 4 is 5.91 Å². The molecular weight excluding hydrogens is 302 g/mol. The van der Waals surface area contributed by atoms with Crippen LogP contribution in [-0.2, 0) is 6.54 Å². The van der Waals surface area contributed by atoms with Crippen LogP contribution in [0.1, 0.15) is 41.4 Å². The maximum absolute atomic E-state index is 13.0. The van der Waals surface area contributed by atoms with E-state index in [4.69, 9.17) is 0 Å². The summed E-state index contributed by atoms with van der Waals surface area (Å²) in [5, 5.41) is 14.1. The predicted molar refractivity (Wildman–Crippen MR) is 92.8 cm³/mol. The van der Waals surface area contributed by atoms with Crippen LogP contribution in [0.3, 0.4) is 0 Å². The Morgan fingerprint density at radius 1 is 1.33 bits per heavy atom. The summed E-state index contributed by atoms with van der Waals surface area (Å²) in [5.74, 6) is 0.310. The Labute approximate surface area is 142 Å². The molecule has 3 rings (SSSR count). The van der Waals surface area contributed by atoms with Crippen LogP contribution < -0.4 is 0 Å². The van der Waals surface area contributed by atoms with Crippen LogP contribution in [0.4, 0.5) is 0 Å². The molecule has 128 valence electrons. The molecule has 0 spiro atoms. The molecule has 1 fully saturated rings. The first-order chi connectivity index (χ1) is 11.6. The summed E-state index contributed by atoms with van der Waals surface area (Å²) in [6.45, 7) is 5.41. The number of likely N-dealkylation sites (tertiary alicyclic amines) is 1. The van der Waals surface area contributed by atoms with Gasteiger partial charge in [0, 0.05) is 12.2 Å². The largest absolute Gasteiger partial charge is 0.394 e. The first-order valence-electron chi connectivity index (χ1n) is 8.60. The van der Waals surface area contributed by atoms with Crippen molar-refractivity contribution < 1.29 is 9.90 Å². The number of hydrogen-bond donors (Lipinski definition) is 1. The summed E-state index contributed by atoms with van der Waals surface area (Å²) in [6.07, 6.45) is 3.70. The predicted octanol–water partition coefficient (Wildman–Crippen LogP) is 2.47. The minimum atomic E-state index is -0.0943. The fourth-order valence-electron chi connectivity index (χ4n) is 3.51. The van der Waals surface area contributed by atoms with Crippen LogP contribution in [-0.4, -0.2) is 44.9 Å². The van der Waals surface area contributed by atoms with E-state index in [9.17, 15) is 9.90 Å². The van der Waals surface area contributed by atoms with Crippen LogP contribution in [0, 0.1) is 12.8 Å². The van der Waals surface area contributed by atoms with Gasteiger partial charge in [-0.3, -0.25) is 9.48 Å². The molecule has 1 aromatic heterocycles. The van der Waals surface area contributed by atoms with E-state index in [1.54, 1.807) is 6.20 Å². The van der Waals surface area contributed by atoms with Gasteiger partial charge in [0.15, 0.2) is 0 Å². The third-order valence-corrected chi connectivity index (χ3v) is 5.07. The highest BCUT2D eigenvalue weighted by atomic mass is 16.3. The Bertz CT molecular complexity index is 696. The molecule has 1 N–H and O–H groups in total. The van der Waals surface area contributed by atoms with Gasteiger partial charge in [0.25, 0.3) is 5.91 Å². The van der Waals surface area contributed by atoms with E-state index in [0.717, 1.165) is 24.1 Å². The van der Waals surface area contributed by atoms with Crippen molar-refractivity contribution in [1.82, 2.24) is 14.7 Å². The highest BCUT2D eigenvalue weighted by Crippen LogP contribution is 2.25. The molecular formula is C19H25N3O2. The van der Waals surface area contributed by atoms with Crippen molar-refractivity contribution in [3.8, 4) is 0 Å². The fraction of sp³-hybridized carbons (Fsp3) is 0.474. The first-order valence-corrected chi connectivity index (χ1v) is 8.60. The number of carbonyl (C=O) groups excluding carboxylic acids is 1. The number of aliphatic hydroxyl groups is 1. The van der Waals surface area contributed by atoms with Gasteiger partial charge in [0.2, 0.25) is 0 Å². The van der Waals surface area contributed by atoms with Crippen molar-refractivity contribution in [3.63, 3.8) is 0 Å². The molecule has 1 aromatic carbocycles. The third-order valence-electron chi connectivity index (χ3n) is 5.07. The van der Waals surface area contributed by atoms with Gasteiger partial charge < -0.3 is 10.0 Å². The summed E-state index contributed by atoms with van der Waals surface area (Å²) in [6, 6.07) is 10.00. The SMILES string of the molecule is Cc1c(C(=O)N2CCCC(C)C2CO)cnn1Cc1ccccc1. The van der Waals surface area contributed by atoms with Crippen LogP contribution in [0.2, 0.25) is 0 Å². The number of aliphatic hydroxyl groups excluding tert-OH is 1. The molecule has 1 saturated heterocycles. The van der Waals surface area contributed by atoms with Gasteiger partial charge in [-0.15, -0.1) is 0 Å². The van der Waals surface area contributed by atoms with E-state index in [0.29, 0.717) is 24.6 Å². The Hall–Kier alpha value is -2.14. The molecule has 0 bridgehead atoms. The molecule has 2 unspecified atom stereocenters. The molecule has 5 nitrogen and oxygen atoms in total. The number of piperidine rings is 1. The average Bonchev–Trinajstić information content (AvgIpc) is 2.95. The number of rotatable bonds is 4. The molecule has 2 atom stereocenters. The molecule has 0 aliphatic carbocycles. The fourth-order valence-corrected chi connectivity index (χ4v) is 3.51. The minimum absolute atomic E-state index is 0.0163. The van der Waals surface area contributed by atoms with Crippen molar-refractivity contribution in [1.29, 1.82) is 0 Å². The monoisotopic (exact) mass is 327 g/mol. The Balaban J connectivity index is 1.81. The van der Waals surface area contributed by atoms with E-state index in [-0.39, 0.29) is 18.6 Å². The molecule has 5 heteroatoms. The van der Waals surface area contributed by atoms with Gasteiger partial charge in [-0.1, -0.05) is 37.3 Å². The Morgan fingerprint density at radius 3 is 2.79 bits per heavy atom. The standard InChI is InChI=1S/C19H25N3O2/c1-14-7-6-10-21(18(14)13-23)19(24)17-11-20-22(15(17)2)12-16-8-4-3-5-9-16/h3-5,8-9,11,14,18,23H,6-7,10,12-13H2,1-2H3. The van der Waals surface area contributed by atoms with Crippen LogP contribution >= 0.6 is 0 Å². The van der Waals surface area contributed by atoms with Crippen molar-refractivity contribution in [2.24, 2.45) is 5.92 Å². The molecule has 1 aliphatic heterocycles. The lowest BCUT2D eigenvalue weighted by molar-refractivity contribution is 0.0357. The third kappa shape index (κ3) is 3.22. The molecule has 2 aromatic rings. The lowest BCUT2D eigenvalue weighted by Crippen LogP contribution is -2.49. The van der Waals surface area contributed by atoms with Gasteiger partial charge in [-0.2, -0.15) is 5.10 Å². The smallest absolute Gasteiger partial charge is 0.257 e. The van der Waals surface area contributed by atoms with Gasteiger partial charge in [-0.05, 0) is 31.2 Å². The topological polar surface area (TPSA) is 58.4 Å². The van der Waals surface area contributed by atoms with E-state index in [1.165, 1.54) is 0 Å². The lowest BCUT2D eigenvalue weighted by atomic mass is 9.91. The van der Waals surface area contributed by atoms with Gasteiger partial charge in [0.1, 0.15) is 0 Å². The van der Waals surface area contributed by atoms with E-state index in [2.05, 4.69) is 24.2 Å². The van der Waals surface area contributed by atoms with Gasteiger partial charge >= 0.3 is 0 Å². The Morgan fingerprint density at radius 2 is 2.08 bits per heavy atom. The van der Waals surface area contributed by atoms with Crippen LogP contribution in [0.25, 0.3) is 0 Å². The summed E-state index contributed by atoms with van der Waals surface area (Å²) in [4.78, 5) is 14.8. The van der Waals surface area contributed by atoms with E-state index < -0.39 is 0 Å². The van der Waals surface area contributed by atoms with Gasteiger partial charge in [-0.25, -0.2) is 0 Å². The number of hydrogen-bond acceptors (Lipinski definition) is 3. The van der Waals surface area contributed by atoms with Crippen molar-refractivity contribution in [2.45, 2.75) is 39.3 Å². The molecule has 2 heterocycles. The second-order valence-corrected chi connectivity index (χ2v) is 6.65. The zero-order valence-corrected chi connectivity index (χ0v) is 14.4. The number of benzene rings is 1. The highest BCUT2D eigenvalue weighted by molar-refractivity contribution is 5.95. The minimum Gasteiger partial charge on any atom is -0.394 e. The molecule has 1 aliphatic rings. The summed E-state index contributed by atoms with van der Waals surface area (Å²) < 4.78 is 1.86. The van der Waals surface area contributed by atoms with Crippen molar-refractivity contribution in [2.75, 3.05) is 13.2 Å². The van der Waals surface area contributed by atoms with Gasteiger partial charge in [0.05, 0.1) is 31.0 Å². The van der Waals surface area contributed by atoms with Crippen molar-refractivity contribution in [3.05, 3.63) is 53.3 Å². The van der Waals surface area contributed by atoms with Crippen LogP contribution in [0.15, 0.2) is 36.5 Å².